The van der Waals surface area contributed by atoms with Crippen molar-refractivity contribution in [2.75, 3.05) is 12.1 Å². The van der Waals surface area contributed by atoms with Crippen LogP contribution in [0.15, 0.2) is 24.7 Å². The number of Topliss-reactive ketones (excluding diaryl/α,β-unsaturated/α-hetero) is 1. The lowest BCUT2D eigenvalue weighted by Gasteiger charge is -2.10. The molecule has 1 amide bonds. The number of hydrogen-bond acceptors (Lipinski definition) is 7. The van der Waals surface area contributed by atoms with Crippen LogP contribution in [-0.4, -0.2) is 33.0 Å². The Morgan fingerprint density at radius 2 is 2.08 bits per heavy atom. The lowest BCUT2D eigenvalue weighted by atomic mass is 10.1. The molecule has 0 fully saturated rings. The van der Waals surface area contributed by atoms with Gasteiger partial charge in [-0.3, -0.25) is 9.59 Å². The van der Waals surface area contributed by atoms with Crippen LogP contribution in [0.2, 0.25) is 0 Å². The zero-order chi connectivity index (χ0) is 17.3. The number of carbonyl (C=O) groups excluding carboxylic acids is 2. The summed E-state index contributed by atoms with van der Waals surface area (Å²) in [6.45, 7) is 1.22. The number of ether oxygens (including phenoxy) is 2. The van der Waals surface area contributed by atoms with Crippen LogP contribution in [0.25, 0.3) is 0 Å². The number of fused-ring (bicyclic) bond motifs is 1. The molecule has 1 aliphatic rings. The van der Waals surface area contributed by atoms with E-state index in [9.17, 15) is 19.7 Å². The fraction of sp³-hybridized carbons (Fsp3) is 0.214. The fourth-order valence-electron chi connectivity index (χ4n) is 2.22. The normalized spacial score (nSPS) is 12.0. The van der Waals surface area contributed by atoms with E-state index in [0.717, 1.165) is 6.20 Å². The van der Waals surface area contributed by atoms with Crippen LogP contribution >= 0.6 is 0 Å². The summed E-state index contributed by atoms with van der Waals surface area (Å²) < 4.78 is 11.7. The monoisotopic (exact) mass is 332 g/mol. The number of imidazole rings is 1. The van der Waals surface area contributed by atoms with Crippen molar-refractivity contribution < 1.29 is 24.0 Å². The van der Waals surface area contributed by atoms with Crippen LogP contribution in [0.3, 0.4) is 0 Å². The van der Waals surface area contributed by atoms with E-state index in [1.165, 1.54) is 30.0 Å². The zero-order valence-corrected chi connectivity index (χ0v) is 12.5. The summed E-state index contributed by atoms with van der Waals surface area (Å²) in [5.74, 6) is -0.210. The molecule has 0 bridgehead atoms. The molecule has 1 N–H and O–H groups in total. The Morgan fingerprint density at radius 1 is 1.38 bits per heavy atom. The van der Waals surface area contributed by atoms with Gasteiger partial charge in [-0.1, -0.05) is 0 Å². The van der Waals surface area contributed by atoms with Gasteiger partial charge in [0.2, 0.25) is 19.0 Å². The van der Waals surface area contributed by atoms with E-state index in [1.807, 2.05) is 0 Å². The quantitative estimate of drug-likeness (QED) is 0.497. The second-order valence-electron chi connectivity index (χ2n) is 5.02. The molecule has 10 heteroatoms. The molecule has 0 spiro atoms. The number of anilines is 1. The number of rotatable bonds is 5. The van der Waals surface area contributed by atoms with Crippen molar-refractivity contribution in [3.63, 3.8) is 0 Å². The van der Waals surface area contributed by atoms with Gasteiger partial charge in [-0.15, -0.1) is 0 Å². The van der Waals surface area contributed by atoms with E-state index in [-0.39, 0.29) is 36.2 Å². The highest BCUT2D eigenvalue weighted by atomic mass is 16.7. The van der Waals surface area contributed by atoms with Gasteiger partial charge in [-0.25, -0.2) is 0 Å². The van der Waals surface area contributed by atoms with Crippen molar-refractivity contribution in [2.45, 2.75) is 13.5 Å². The Bertz CT molecular complexity index is 844. The van der Waals surface area contributed by atoms with Gasteiger partial charge < -0.3 is 29.5 Å². The van der Waals surface area contributed by atoms with Crippen LogP contribution in [0, 0.1) is 10.1 Å². The highest BCUT2D eigenvalue weighted by molar-refractivity contribution is 6.04. The summed E-state index contributed by atoms with van der Waals surface area (Å²) >= 11 is 0. The Hall–Kier alpha value is -3.43. The largest absolute Gasteiger partial charge is 0.454 e. The molecule has 0 unspecified atom stereocenters. The Kier molecular flexibility index (Phi) is 3.86. The molecule has 0 radical (unpaired) electrons. The molecular formula is C14H12N4O6. The summed E-state index contributed by atoms with van der Waals surface area (Å²) in [4.78, 5) is 37.4. The molecule has 124 valence electrons. The van der Waals surface area contributed by atoms with Gasteiger partial charge in [0.15, 0.2) is 17.3 Å². The van der Waals surface area contributed by atoms with Gasteiger partial charge in [0.1, 0.15) is 12.7 Å². The van der Waals surface area contributed by atoms with Crippen molar-refractivity contribution >= 4 is 23.2 Å². The Balaban J connectivity index is 1.78. The van der Waals surface area contributed by atoms with Gasteiger partial charge in [0, 0.05) is 11.6 Å². The molecule has 0 saturated carbocycles. The van der Waals surface area contributed by atoms with E-state index in [4.69, 9.17) is 9.47 Å². The highest BCUT2D eigenvalue weighted by Gasteiger charge is 2.21. The minimum Gasteiger partial charge on any atom is -0.454 e. The third-order valence-electron chi connectivity index (χ3n) is 3.30. The molecule has 1 aliphatic heterocycles. The highest BCUT2D eigenvalue weighted by Crippen LogP contribution is 2.37. The average Bonchev–Trinajstić information content (AvgIpc) is 3.14. The summed E-state index contributed by atoms with van der Waals surface area (Å²) in [6.07, 6.45) is 2.33. The number of amides is 1. The topological polar surface area (TPSA) is 126 Å². The van der Waals surface area contributed by atoms with E-state index in [2.05, 4.69) is 10.3 Å². The summed E-state index contributed by atoms with van der Waals surface area (Å²) in [7, 11) is 0. The Labute approximate surface area is 135 Å². The fourth-order valence-corrected chi connectivity index (χ4v) is 2.22. The number of aromatic nitrogens is 2. The number of nitrogens with zero attached hydrogens (tertiary/aromatic N) is 3. The maximum absolute atomic E-state index is 12.1. The van der Waals surface area contributed by atoms with E-state index in [1.54, 1.807) is 0 Å². The molecule has 0 atom stereocenters. The van der Waals surface area contributed by atoms with E-state index >= 15 is 0 Å². The first kappa shape index (κ1) is 15.5. The summed E-state index contributed by atoms with van der Waals surface area (Å²) in [6, 6.07) is 3.01. The van der Waals surface area contributed by atoms with Crippen LogP contribution < -0.4 is 14.8 Å². The van der Waals surface area contributed by atoms with Crippen LogP contribution in [-0.2, 0) is 11.3 Å². The second-order valence-corrected chi connectivity index (χ2v) is 5.02. The molecular weight excluding hydrogens is 320 g/mol. The number of ketones is 1. The Morgan fingerprint density at radius 3 is 2.71 bits per heavy atom. The number of benzene rings is 1. The van der Waals surface area contributed by atoms with Gasteiger partial charge in [0.05, 0.1) is 5.69 Å². The second kappa shape index (κ2) is 5.99. The predicted octanol–water partition coefficient (Wildman–Crippen LogP) is 1.36. The van der Waals surface area contributed by atoms with E-state index < -0.39 is 10.8 Å². The lowest BCUT2D eigenvalue weighted by Crippen LogP contribution is -2.19. The molecule has 24 heavy (non-hydrogen) atoms. The summed E-state index contributed by atoms with van der Waals surface area (Å²) in [5.41, 5.74) is 0.565. The van der Waals surface area contributed by atoms with Crippen molar-refractivity contribution in [2.24, 2.45) is 0 Å². The van der Waals surface area contributed by atoms with Gasteiger partial charge >= 0.3 is 5.82 Å². The molecule has 0 aliphatic carbocycles. The molecule has 1 aromatic heterocycles. The lowest BCUT2D eigenvalue weighted by molar-refractivity contribution is -0.389. The predicted molar refractivity (Wildman–Crippen MR) is 80.1 cm³/mol. The molecule has 1 aromatic carbocycles. The minimum absolute atomic E-state index is 0.0444. The number of hydrogen-bond donors (Lipinski definition) is 1. The van der Waals surface area contributed by atoms with Crippen LogP contribution in [0.4, 0.5) is 11.5 Å². The standard InChI is InChI=1S/C14H12N4O6/c1-8(19)9-2-11-12(24-7-23-11)3-10(9)16-14(20)5-17-4-13(15-6-17)18(21)22/h2-4,6H,5,7H2,1H3,(H,16,20). The number of nitro groups is 1. The van der Waals surface area contributed by atoms with E-state index in [0.29, 0.717) is 11.5 Å². The SMILES string of the molecule is CC(=O)c1cc2c(cc1NC(=O)Cn1cnc([N+](=O)[O-])c1)OCO2. The van der Waals surface area contributed by atoms with Crippen molar-refractivity contribution in [3.8, 4) is 11.5 Å². The van der Waals surface area contributed by atoms with Crippen molar-refractivity contribution in [1.82, 2.24) is 9.55 Å². The maximum atomic E-state index is 12.1. The number of carbonyl (C=O) groups is 2. The number of nitrogens with one attached hydrogen (secondary N) is 1. The van der Waals surface area contributed by atoms with Crippen molar-refractivity contribution in [3.05, 3.63) is 40.3 Å². The zero-order valence-electron chi connectivity index (χ0n) is 12.5. The molecule has 3 rings (SSSR count). The first-order chi connectivity index (χ1) is 11.4. The first-order valence-corrected chi connectivity index (χ1v) is 6.84. The summed E-state index contributed by atoms with van der Waals surface area (Å²) in [5, 5.41) is 13.2. The average molecular weight is 332 g/mol. The molecule has 2 heterocycles. The molecule has 0 saturated heterocycles. The van der Waals surface area contributed by atoms with Gasteiger partial charge in [0.25, 0.3) is 0 Å². The molecule has 10 nitrogen and oxygen atoms in total. The third-order valence-corrected chi connectivity index (χ3v) is 3.30. The maximum Gasteiger partial charge on any atom is 0.381 e. The molecule has 2 aromatic rings. The smallest absolute Gasteiger partial charge is 0.381 e. The minimum atomic E-state index is -0.653. The first-order valence-electron chi connectivity index (χ1n) is 6.84. The van der Waals surface area contributed by atoms with Crippen molar-refractivity contribution in [1.29, 1.82) is 0 Å². The van der Waals surface area contributed by atoms with Gasteiger partial charge in [-0.2, -0.15) is 0 Å². The van der Waals surface area contributed by atoms with Crippen LogP contribution in [0.1, 0.15) is 17.3 Å². The van der Waals surface area contributed by atoms with Gasteiger partial charge in [-0.05, 0) is 22.9 Å². The van der Waals surface area contributed by atoms with Crippen LogP contribution in [0.5, 0.6) is 11.5 Å². The third kappa shape index (κ3) is 3.02.